The van der Waals surface area contributed by atoms with Gasteiger partial charge in [0, 0.05) is 3.57 Å². The van der Waals surface area contributed by atoms with E-state index < -0.39 is 11.7 Å². The lowest BCUT2D eigenvalue weighted by Crippen LogP contribution is -2.13. The van der Waals surface area contributed by atoms with Gasteiger partial charge >= 0.3 is 0 Å². The van der Waals surface area contributed by atoms with Crippen molar-refractivity contribution in [2.24, 2.45) is 0 Å². The van der Waals surface area contributed by atoms with Crippen LogP contribution >= 0.6 is 22.6 Å². The van der Waals surface area contributed by atoms with Crippen LogP contribution in [0.2, 0.25) is 0 Å². The number of phenolic OH excluding ortho intramolecular Hbond substituents is 1. The zero-order valence-electron chi connectivity index (χ0n) is 9.02. The molecule has 18 heavy (non-hydrogen) atoms. The molecule has 0 atom stereocenters. The van der Waals surface area contributed by atoms with Gasteiger partial charge in [-0.1, -0.05) is 0 Å². The Kier molecular flexibility index (Phi) is 3.75. The number of anilines is 1. The molecule has 0 bridgehead atoms. The van der Waals surface area contributed by atoms with Crippen LogP contribution in [0.25, 0.3) is 0 Å². The highest BCUT2D eigenvalue weighted by Gasteiger charge is 2.12. The predicted octanol–water partition coefficient (Wildman–Crippen LogP) is 2.78. The molecule has 0 radical (unpaired) electrons. The SMILES string of the molecule is O=C(Nc1ccc(F)cn1)c1cc(I)ccc1O. The van der Waals surface area contributed by atoms with Crippen LogP contribution in [0.1, 0.15) is 10.4 Å². The molecule has 0 fully saturated rings. The zero-order valence-corrected chi connectivity index (χ0v) is 11.2. The van der Waals surface area contributed by atoms with Gasteiger partial charge in [0.05, 0.1) is 11.8 Å². The van der Waals surface area contributed by atoms with E-state index in [0.29, 0.717) is 0 Å². The van der Waals surface area contributed by atoms with Crippen molar-refractivity contribution >= 4 is 34.3 Å². The van der Waals surface area contributed by atoms with E-state index in [2.05, 4.69) is 10.3 Å². The molecule has 1 heterocycles. The Morgan fingerprint density at radius 2 is 2.11 bits per heavy atom. The van der Waals surface area contributed by atoms with Crippen molar-refractivity contribution in [3.63, 3.8) is 0 Å². The highest BCUT2D eigenvalue weighted by Crippen LogP contribution is 2.20. The number of carbonyl (C=O) groups excluding carboxylic acids is 1. The second kappa shape index (κ2) is 5.30. The first-order chi connectivity index (χ1) is 8.56. The number of nitrogens with one attached hydrogen (secondary N) is 1. The Hall–Kier alpha value is -1.70. The summed E-state index contributed by atoms with van der Waals surface area (Å²) < 4.78 is 13.5. The number of hydrogen-bond donors (Lipinski definition) is 2. The molecule has 0 saturated carbocycles. The van der Waals surface area contributed by atoms with E-state index in [9.17, 15) is 14.3 Å². The molecule has 0 saturated heterocycles. The Bertz CT molecular complexity index is 587. The molecule has 1 aromatic heterocycles. The molecule has 2 N–H and O–H groups in total. The average Bonchev–Trinajstić information content (AvgIpc) is 2.35. The second-order valence-corrected chi connectivity index (χ2v) is 4.72. The zero-order chi connectivity index (χ0) is 13.1. The first kappa shape index (κ1) is 12.7. The van der Waals surface area contributed by atoms with Crippen molar-refractivity contribution in [3.05, 3.63) is 51.5 Å². The van der Waals surface area contributed by atoms with Crippen LogP contribution in [0.5, 0.6) is 5.75 Å². The highest BCUT2D eigenvalue weighted by atomic mass is 127. The molecule has 2 rings (SSSR count). The van der Waals surface area contributed by atoms with E-state index in [1.807, 2.05) is 22.6 Å². The molecule has 0 aliphatic carbocycles. The van der Waals surface area contributed by atoms with Crippen LogP contribution in [-0.4, -0.2) is 16.0 Å². The first-order valence-electron chi connectivity index (χ1n) is 4.97. The minimum absolute atomic E-state index is 0.116. The fourth-order valence-electron chi connectivity index (χ4n) is 1.32. The summed E-state index contributed by atoms with van der Waals surface area (Å²) in [5, 5.41) is 12.1. The van der Waals surface area contributed by atoms with Crippen molar-refractivity contribution in [2.45, 2.75) is 0 Å². The first-order valence-corrected chi connectivity index (χ1v) is 6.05. The molecular weight excluding hydrogens is 350 g/mol. The van der Waals surface area contributed by atoms with Gasteiger partial charge in [-0.3, -0.25) is 4.79 Å². The largest absolute Gasteiger partial charge is 0.507 e. The molecule has 2 aromatic rings. The van der Waals surface area contributed by atoms with Crippen molar-refractivity contribution in [2.75, 3.05) is 5.32 Å². The van der Waals surface area contributed by atoms with Gasteiger partial charge in [0.2, 0.25) is 0 Å². The third-order valence-electron chi connectivity index (χ3n) is 2.17. The monoisotopic (exact) mass is 358 g/mol. The van der Waals surface area contributed by atoms with E-state index in [1.54, 1.807) is 12.1 Å². The van der Waals surface area contributed by atoms with E-state index in [-0.39, 0.29) is 17.1 Å². The summed E-state index contributed by atoms with van der Waals surface area (Å²) in [4.78, 5) is 15.6. The average molecular weight is 358 g/mol. The molecule has 0 spiro atoms. The standard InChI is InChI=1S/C12H8FIN2O2/c13-7-1-4-11(15-6-7)16-12(18)9-5-8(14)2-3-10(9)17/h1-6,17H,(H,15,16,18). The van der Waals surface area contributed by atoms with Crippen LogP contribution in [0.3, 0.4) is 0 Å². The maximum Gasteiger partial charge on any atom is 0.260 e. The minimum atomic E-state index is -0.495. The number of phenols is 1. The van der Waals surface area contributed by atoms with Gasteiger partial charge in [0.25, 0.3) is 5.91 Å². The van der Waals surface area contributed by atoms with Crippen molar-refractivity contribution < 1.29 is 14.3 Å². The molecule has 6 heteroatoms. The van der Waals surface area contributed by atoms with Crippen LogP contribution in [0, 0.1) is 9.39 Å². The maximum absolute atomic E-state index is 12.6. The second-order valence-electron chi connectivity index (χ2n) is 3.48. The number of benzene rings is 1. The smallest absolute Gasteiger partial charge is 0.260 e. The van der Waals surface area contributed by atoms with E-state index >= 15 is 0 Å². The normalized spacial score (nSPS) is 10.1. The summed E-state index contributed by atoms with van der Waals surface area (Å²) in [5.41, 5.74) is 0.146. The summed E-state index contributed by atoms with van der Waals surface area (Å²) >= 11 is 2.03. The Morgan fingerprint density at radius 3 is 2.78 bits per heavy atom. The van der Waals surface area contributed by atoms with Gasteiger partial charge in [-0.05, 0) is 52.9 Å². The summed E-state index contributed by atoms with van der Waals surface area (Å²) in [6, 6.07) is 7.21. The Balaban J connectivity index is 2.21. The third kappa shape index (κ3) is 2.95. The number of hydrogen-bond acceptors (Lipinski definition) is 3. The lowest BCUT2D eigenvalue weighted by molar-refractivity contribution is 0.102. The summed E-state index contributed by atoms with van der Waals surface area (Å²) in [6.45, 7) is 0. The maximum atomic E-state index is 12.6. The number of aromatic hydroxyl groups is 1. The number of pyridine rings is 1. The molecule has 1 amide bonds. The van der Waals surface area contributed by atoms with E-state index in [4.69, 9.17) is 0 Å². The quantitative estimate of drug-likeness (QED) is 0.812. The lowest BCUT2D eigenvalue weighted by Gasteiger charge is -2.06. The fraction of sp³-hybridized carbons (Fsp3) is 0. The van der Waals surface area contributed by atoms with E-state index in [1.165, 1.54) is 18.2 Å². The number of halogens is 2. The summed E-state index contributed by atoms with van der Waals surface area (Å²) in [6.07, 6.45) is 1.00. The van der Waals surface area contributed by atoms with Gasteiger partial charge in [0.1, 0.15) is 17.4 Å². The number of nitrogens with zero attached hydrogens (tertiary/aromatic N) is 1. The number of rotatable bonds is 2. The molecule has 4 nitrogen and oxygen atoms in total. The van der Waals surface area contributed by atoms with Gasteiger partial charge in [-0.15, -0.1) is 0 Å². The van der Waals surface area contributed by atoms with Gasteiger partial charge < -0.3 is 10.4 Å². The summed E-state index contributed by atoms with van der Waals surface area (Å²) in [7, 11) is 0. The Morgan fingerprint density at radius 1 is 1.33 bits per heavy atom. The molecule has 0 aliphatic heterocycles. The Labute approximate surface area is 116 Å². The van der Waals surface area contributed by atoms with Crippen LogP contribution in [0.4, 0.5) is 10.2 Å². The number of amides is 1. The molecule has 1 aromatic carbocycles. The van der Waals surface area contributed by atoms with Crippen molar-refractivity contribution in [1.82, 2.24) is 4.98 Å². The minimum Gasteiger partial charge on any atom is -0.507 e. The van der Waals surface area contributed by atoms with Crippen LogP contribution in [-0.2, 0) is 0 Å². The molecule has 92 valence electrons. The highest BCUT2D eigenvalue weighted by molar-refractivity contribution is 14.1. The predicted molar refractivity (Wildman–Crippen MR) is 73.0 cm³/mol. The van der Waals surface area contributed by atoms with E-state index in [0.717, 1.165) is 9.77 Å². The fourth-order valence-corrected chi connectivity index (χ4v) is 1.81. The third-order valence-corrected chi connectivity index (χ3v) is 2.84. The molecule has 0 unspecified atom stereocenters. The molecule has 0 aliphatic rings. The van der Waals surface area contributed by atoms with Crippen molar-refractivity contribution in [1.29, 1.82) is 0 Å². The topological polar surface area (TPSA) is 62.2 Å². The lowest BCUT2D eigenvalue weighted by atomic mass is 10.2. The van der Waals surface area contributed by atoms with Crippen LogP contribution in [0.15, 0.2) is 36.5 Å². The number of aromatic nitrogens is 1. The van der Waals surface area contributed by atoms with Crippen LogP contribution < -0.4 is 5.32 Å². The van der Waals surface area contributed by atoms with Gasteiger partial charge in [-0.25, -0.2) is 9.37 Å². The van der Waals surface area contributed by atoms with Gasteiger partial charge in [-0.2, -0.15) is 0 Å². The van der Waals surface area contributed by atoms with Gasteiger partial charge in [0.15, 0.2) is 0 Å². The number of carbonyl (C=O) groups is 1. The molecular formula is C12H8FIN2O2. The van der Waals surface area contributed by atoms with Crippen molar-refractivity contribution in [3.8, 4) is 5.75 Å². The summed E-state index contributed by atoms with van der Waals surface area (Å²) in [5.74, 6) is -0.870.